The molecule has 0 spiro atoms. The zero-order valence-electron chi connectivity index (χ0n) is 18.4. The lowest BCUT2D eigenvalue weighted by Crippen LogP contribution is -2.50. The molecule has 0 atom stereocenters. The SMILES string of the molecule is Cc1ccc(C(=O)N2CCN(C(=O)c3cc4c(C)nn(-c5ccccc5Cl)c4s3)CC2)cc1. The fourth-order valence-electron chi connectivity index (χ4n) is 4.09. The van der Waals surface area contributed by atoms with Gasteiger partial charge >= 0.3 is 0 Å². The molecule has 5 rings (SSSR count). The molecule has 0 saturated carbocycles. The molecule has 2 amide bonds. The Kier molecular flexibility index (Phi) is 5.68. The van der Waals surface area contributed by atoms with E-state index in [-0.39, 0.29) is 11.8 Å². The predicted molar refractivity (Wildman–Crippen MR) is 132 cm³/mol. The number of halogens is 1. The highest BCUT2D eigenvalue weighted by Crippen LogP contribution is 2.33. The monoisotopic (exact) mass is 478 g/mol. The van der Waals surface area contributed by atoms with Crippen LogP contribution in [0.3, 0.4) is 0 Å². The number of hydrogen-bond acceptors (Lipinski definition) is 4. The van der Waals surface area contributed by atoms with Crippen LogP contribution in [0.15, 0.2) is 54.6 Å². The standard InChI is InChI=1S/C25H23ClN4O2S/c1-16-7-9-18(10-8-16)23(31)28-11-13-29(14-12-28)24(32)22-15-19-17(2)27-30(25(19)33-22)21-6-4-3-5-20(21)26/h3-10,15H,11-14H2,1-2H3. The smallest absolute Gasteiger partial charge is 0.264 e. The molecule has 6 nitrogen and oxygen atoms in total. The average molecular weight is 479 g/mol. The number of para-hydroxylation sites is 1. The van der Waals surface area contributed by atoms with Crippen molar-refractivity contribution in [1.82, 2.24) is 19.6 Å². The normalized spacial score (nSPS) is 14.2. The molecule has 2 aromatic heterocycles. The summed E-state index contributed by atoms with van der Waals surface area (Å²) in [4.78, 5) is 31.3. The molecule has 1 aliphatic rings. The third kappa shape index (κ3) is 4.03. The fraction of sp³-hybridized carbons (Fsp3) is 0.240. The molecular formula is C25H23ClN4O2S. The lowest BCUT2D eigenvalue weighted by atomic mass is 10.1. The van der Waals surface area contributed by atoms with Gasteiger partial charge in [0.05, 0.1) is 21.3 Å². The van der Waals surface area contributed by atoms with E-state index in [1.165, 1.54) is 11.3 Å². The van der Waals surface area contributed by atoms with Gasteiger partial charge in [0, 0.05) is 37.1 Å². The third-order valence-electron chi connectivity index (χ3n) is 5.99. The van der Waals surface area contributed by atoms with Crippen LogP contribution in [0.5, 0.6) is 0 Å². The minimum Gasteiger partial charge on any atom is -0.335 e. The number of carbonyl (C=O) groups excluding carboxylic acids is 2. The van der Waals surface area contributed by atoms with Crippen LogP contribution in [0, 0.1) is 13.8 Å². The van der Waals surface area contributed by atoms with Gasteiger partial charge in [-0.3, -0.25) is 9.59 Å². The van der Waals surface area contributed by atoms with Crippen molar-refractivity contribution in [2.45, 2.75) is 13.8 Å². The molecule has 0 N–H and O–H groups in total. The van der Waals surface area contributed by atoms with Gasteiger partial charge in [-0.1, -0.05) is 41.4 Å². The minimum absolute atomic E-state index is 0.0104. The van der Waals surface area contributed by atoms with E-state index in [1.54, 1.807) is 0 Å². The maximum atomic E-state index is 13.3. The highest BCUT2D eigenvalue weighted by molar-refractivity contribution is 7.20. The van der Waals surface area contributed by atoms with Crippen LogP contribution in [0.25, 0.3) is 15.9 Å². The van der Waals surface area contributed by atoms with E-state index >= 15 is 0 Å². The lowest BCUT2D eigenvalue weighted by molar-refractivity contribution is 0.0538. The summed E-state index contributed by atoms with van der Waals surface area (Å²) in [7, 11) is 0. The quantitative estimate of drug-likeness (QED) is 0.418. The molecule has 1 fully saturated rings. The molecule has 2 aromatic carbocycles. The van der Waals surface area contributed by atoms with Gasteiger partial charge in [-0.25, -0.2) is 4.68 Å². The number of nitrogens with zero attached hydrogens (tertiary/aromatic N) is 4. The van der Waals surface area contributed by atoms with E-state index in [0.29, 0.717) is 41.6 Å². The van der Waals surface area contributed by atoms with Gasteiger partial charge < -0.3 is 9.80 Å². The summed E-state index contributed by atoms with van der Waals surface area (Å²) in [6.45, 7) is 6.01. The number of fused-ring (bicyclic) bond motifs is 1. The number of piperazine rings is 1. The number of amides is 2. The Morgan fingerprint density at radius 3 is 2.21 bits per heavy atom. The van der Waals surface area contributed by atoms with Crippen molar-refractivity contribution in [3.63, 3.8) is 0 Å². The van der Waals surface area contributed by atoms with Gasteiger partial charge in [0.2, 0.25) is 0 Å². The second-order valence-corrected chi connectivity index (χ2v) is 9.67. The zero-order valence-corrected chi connectivity index (χ0v) is 20.0. The summed E-state index contributed by atoms with van der Waals surface area (Å²) >= 11 is 7.81. The number of aromatic nitrogens is 2. The Morgan fingerprint density at radius 1 is 0.909 bits per heavy atom. The Balaban J connectivity index is 1.33. The largest absolute Gasteiger partial charge is 0.335 e. The van der Waals surface area contributed by atoms with Crippen molar-refractivity contribution in [2.24, 2.45) is 0 Å². The second-order valence-electron chi connectivity index (χ2n) is 8.23. The predicted octanol–water partition coefficient (Wildman–Crippen LogP) is 4.96. The van der Waals surface area contributed by atoms with Gasteiger partial charge in [0.25, 0.3) is 11.8 Å². The van der Waals surface area contributed by atoms with Crippen LogP contribution in [-0.4, -0.2) is 57.6 Å². The third-order valence-corrected chi connectivity index (χ3v) is 7.41. The van der Waals surface area contributed by atoms with E-state index < -0.39 is 0 Å². The summed E-state index contributed by atoms with van der Waals surface area (Å²) in [5.74, 6) is 0.00293. The average Bonchev–Trinajstić information content (AvgIpc) is 3.40. The van der Waals surface area contributed by atoms with Gasteiger partial charge in [0.15, 0.2) is 0 Å². The second kappa shape index (κ2) is 8.65. The van der Waals surface area contributed by atoms with Crippen molar-refractivity contribution in [1.29, 1.82) is 0 Å². The highest BCUT2D eigenvalue weighted by atomic mass is 35.5. The Labute approximate surface area is 201 Å². The van der Waals surface area contributed by atoms with Crippen LogP contribution < -0.4 is 0 Å². The lowest BCUT2D eigenvalue weighted by Gasteiger charge is -2.34. The number of benzene rings is 2. The van der Waals surface area contributed by atoms with Gasteiger partial charge in [-0.15, -0.1) is 11.3 Å². The Morgan fingerprint density at radius 2 is 1.55 bits per heavy atom. The number of rotatable bonds is 3. The molecule has 0 unspecified atom stereocenters. The summed E-state index contributed by atoms with van der Waals surface area (Å²) in [5, 5.41) is 6.19. The molecular weight excluding hydrogens is 456 g/mol. The van der Waals surface area contributed by atoms with E-state index in [4.69, 9.17) is 11.6 Å². The molecule has 4 aromatic rings. The summed E-state index contributed by atoms with van der Waals surface area (Å²) in [6.07, 6.45) is 0. The van der Waals surface area contributed by atoms with Crippen molar-refractivity contribution >= 4 is 45.0 Å². The van der Waals surface area contributed by atoms with E-state index in [1.807, 2.05) is 82.9 Å². The molecule has 8 heteroatoms. The highest BCUT2D eigenvalue weighted by Gasteiger charge is 2.27. The van der Waals surface area contributed by atoms with Crippen molar-refractivity contribution in [3.05, 3.63) is 81.3 Å². The first-order valence-electron chi connectivity index (χ1n) is 10.8. The summed E-state index contributed by atoms with van der Waals surface area (Å²) < 4.78 is 1.81. The number of hydrogen-bond donors (Lipinski definition) is 0. The molecule has 1 aliphatic heterocycles. The molecule has 0 aliphatic carbocycles. The van der Waals surface area contributed by atoms with E-state index in [9.17, 15) is 9.59 Å². The van der Waals surface area contributed by atoms with Crippen LogP contribution >= 0.6 is 22.9 Å². The number of thiophene rings is 1. The van der Waals surface area contributed by atoms with Gasteiger partial charge in [0.1, 0.15) is 4.83 Å². The number of aryl methyl sites for hydroxylation is 2. The Hall–Kier alpha value is -3.16. The maximum Gasteiger partial charge on any atom is 0.264 e. The van der Waals surface area contributed by atoms with Crippen molar-refractivity contribution < 1.29 is 9.59 Å². The topological polar surface area (TPSA) is 58.4 Å². The van der Waals surface area contributed by atoms with Gasteiger partial charge in [-0.05, 0) is 44.2 Å². The molecule has 0 bridgehead atoms. The van der Waals surface area contributed by atoms with E-state index in [0.717, 1.165) is 27.2 Å². The minimum atomic E-state index is -0.0104. The summed E-state index contributed by atoms with van der Waals surface area (Å²) in [6, 6.07) is 17.1. The number of carbonyl (C=O) groups is 2. The molecule has 168 valence electrons. The molecule has 3 heterocycles. The fourth-order valence-corrected chi connectivity index (χ4v) is 5.45. The molecule has 1 saturated heterocycles. The molecule has 0 radical (unpaired) electrons. The van der Waals surface area contributed by atoms with Crippen LogP contribution in [0.4, 0.5) is 0 Å². The Bertz CT molecular complexity index is 1350. The van der Waals surface area contributed by atoms with Gasteiger partial charge in [-0.2, -0.15) is 5.10 Å². The first kappa shape index (κ1) is 21.7. The maximum absolute atomic E-state index is 13.3. The van der Waals surface area contributed by atoms with Crippen LogP contribution in [0.1, 0.15) is 31.3 Å². The van der Waals surface area contributed by atoms with Crippen molar-refractivity contribution in [3.8, 4) is 5.69 Å². The molecule has 33 heavy (non-hydrogen) atoms. The van der Waals surface area contributed by atoms with Crippen LogP contribution in [-0.2, 0) is 0 Å². The first-order valence-corrected chi connectivity index (χ1v) is 12.0. The summed E-state index contributed by atoms with van der Waals surface area (Å²) in [5.41, 5.74) is 3.46. The van der Waals surface area contributed by atoms with Crippen molar-refractivity contribution in [2.75, 3.05) is 26.2 Å². The first-order chi connectivity index (χ1) is 15.9. The van der Waals surface area contributed by atoms with Crippen LogP contribution in [0.2, 0.25) is 5.02 Å². The van der Waals surface area contributed by atoms with E-state index in [2.05, 4.69) is 5.10 Å². The zero-order chi connectivity index (χ0) is 23.1.